The van der Waals surface area contributed by atoms with Crippen LogP contribution in [0.15, 0.2) is 36.8 Å². The molecule has 6 heteroatoms. The lowest BCUT2D eigenvalue weighted by Gasteiger charge is -2.35. The standard InChI is InChI=1S/C17H19N5O/c18-9-12-3-1-4-19-17(12)21-10-13-7-15(22-6-2-5-20-22)16(23)8-14(13)11-21/h1-6,13-16,23H,7-8,10-11H2/t13-,14+,15-,16-/m1/s1. The van der Waals surface area contributed by atoms with Crippen LogP contribution in [0.3, 0.4) is 0 Å². The second kappa shape index (κ2) is 5.67. The van der Waals surface area contributed by atoms with Gasteiger partial charge in [0.25, 0.3) is 0 Å². The molecule has 3 heterocycles. The maximum Gasteiger partial charge on any atom is 0.146 e. The molecule has 0 spiro atoms. The molecule has 23 heavy (non-hydrogen) atoms. The SMILES string of the molecule is N#Cc1cccnc1N1C[C@H]2C[C@@H](n3cccn3)[C@H](O)C[C@H]2C1. The molecule has 1 N–H and O–H groups in total. The normalized spacial score (nSPS) is 30.0. The van der Waals surface area contributed by atoms with Crippen molar-refractivity contribution < 1.29 is 5.11 Å². The number of aromatic nitrogens is 3. The van der Waals surface area contributed by atoms with Crippen molar-refractivity contribution >= 4 is 5.82 Å². The Morgan fingerprint density at radius 2 is 2.00 bits per heavy atom. The van der Waals surface area contributed by atoms with E-state index in [4.69, 9.17) is 0 Å². The van der Waals surface area contributed by atoms with Gasteiger partial charge in [0.1, 0.15) is 11.9 Å². The van der Waals surface area contributed by atoms with Crippen LogP contribution >= 0.6 is 0 Å². The van der Waals surface area contributed by atoms with Crippen molar-refractivity contribution in [3.8, 4) is 6.07 Å². The summed E-state index contributed by atoms with van der Waals surface area (Å²) in [6.07, 6.45) is 6.74. The molecule has 1 saturated carbocycles. The van der Waals surface area contributed by atoms with Gasteiger partial charge in [0.05, 0.1) is 17.7 Å². The Morgan fingerprint density at radius 1 is 1.17 bits per heavy atom. The first-order valence-electron chi connectivity index (χ1n) is 8.03. The Balaban J connectivity index is 1.55. The van der Waals surface area contributed by atoms with E-state index in [-0.39, 0.29) is 12.1 Å². The summed E-state index contributed by atoms with van der Waals surface area (Å²) in [7, 11) is 0. The summed E-state index contributed by atoms with van der Waals surface area (Å²) in [5.74, 6) is 1.72. The first-order valence-corrected chi connectivity index (χ1v) is 8.03. The molecule has 1 aliphatic heterocycles. The first kappa shape index (κ1) is 14.2. The summed E-state index contributed by atoms with van der Waals surface area (Å²) in [6.45, 7) is 1.75. The second-order valence-electron chi connectivity index (χ2n) is 6.50. The van der Waals surface area contributed by atoms with Gasteiger partial charge in [-0.3, -0.25) is 4.68 Å². The maximum absolute atomic E-state index is 10.5. The van der Waals surface area contributed by atoms with E-state index in [1.165, 1.54) is 0 Å². The minimum absolute atomic E-state index is 0.0466. The van der Waals surface area contributed by atoms with E-state index in [1.807, 2.05) is 23.0 Å². The van der Waals surface area contributed by atoms with E-state index in [0.29, 0.717) is 17.4 Å². The van der Waals surface area contributed by atoms with Gasteiger partial charge in [0.15, 0.2) is 0 Å². The van der Waals surface area contributed by atoms with Crippen molar-refractivity contribution in [2.24, 2.45) is 11.8 Å². The van der Waals surface area contributed by atoms with Crippen molar-refractivity contribution in [3.63, 3.8) is 0 Å². The quantitative estimate of drug-likeness (QED) is 0.911. The smallest absolute Gasteiger partial charge is 0.146 e. The van der Waals surface area contributed by atoms with Gasteiger partial charge in [0.2, 0.25) is 0 Å². The summed E-state index contributed by atoms with van der Waals surface area (Å²) in [6, 6.07) is 7.77. The first-order chi connectivity index (χ1) is 11.3. The van der Waals surface area contributed by atoms with Crippen molar-refractivity contribution in [2.45, 2.75) is 25.0 Å². The highest BCUT2D eigenvalue weighted by Gasteiger charge is 2.43. The van der Waals surface area contributed by atoms with Crippen LogP contribution < -0.4 is 4.90 Å². The van der Waals surface area contributed by atoms with Crippen LogP contribution in [-0.4, -0.2) is 39.1 Å². The molecule has 0 aromatic carbocycles. The summed E-state index contributed by atoms with van der Waals surface area (Å²) < 4.78 is 1.88. The Kier molecular flexibility index (Phi) is 3.50. The molecule has 2 aromatic rings. The highest BCUT2D eigenvalue weighted by Crippen LogP contribution is 2.42. The lowest BCUT2D eigenvalue weighted by atomic mass is 9.77. The van der Waals surface area contributed by atoms with E-state index in [1.54, 1.807) is 18.5 Å². The van der Waals surface area contributed by atoms with Gasteiger partial charge in [0, 0.05) is 31.7 Å². The fourth-order valence-corrected chi connectivity index (χ4v) is 4.08. The van der Waals surface area contributed by atoms with Gasteiger partial charge in [-0.2, -0.15) is 10.4 Å². The van der Waals surface area contributed by atoms with Gasteiger partial charge in [-0.1, -0.05) is 0 Å². The number of hydrogen-bond donors (Lipinski definition) is 1. The number of nitrogens with zero attached hydrogens (tertiary/aromatic N) is 5. The molecule has 0 radical (unpaired) electrons. The fraction of sp³-hybridized carbons (Fsp3) is 0.471. The molecule has 2 aromatic heterocycles. The number of aliphatic hydroxyl groups is 1. The maximum atomic E-state index is 10.5. The van der Waals surface area contributed by atoms with Gasteiger partial charge >= 0.3 is 0 Å². The van der Waals surface area contributed by atoms with Crippen LogP contribution in [0, 0.1) is 23.2 Å². The second-order valence-corrected chi connectivity index (χ2v) is 6.50. The molecule has 0 amide bonds. The topological polar surface area (TPSA) is 78.0 Å². The number of pyridine rings is 1. The Bertz CT molecular complexity index is 723. The van der Waals surface area contributed by atoms with Crippen molar-refractivity contribution in [1.29, 1.82) is 5.26 Å². The Labute approximate surface area is 135 Å². The largest absolute Gasteiger partial charge is 0.391 e. The van der Waals surface area contributed by atoms with Crippen LogP contribution in [-0.2, 0) is 0 Å². The highest BCUT2D eigenvalue weighted by molar-refractivity contribution is 5.54. The van der Waals surface area contributed by atoms with Crippen LogP contribution in [0.5, 0.6) is 0 Å². The van der Waals surface area contributed by atoms with Crippen molar-refractivity contribution in [1.82, 2.24) is 14.8 Å². The number of aliphatic hydroxyl groups excluding tert-OH is 1. The number of fused-ring (bicyclic) bond motifs is 1. The molecule has 6 nitrogen and oxygen atoms in total. The highest BCUT2D eigenvalue weighted by atomic mass is 16.3. The zero-order valence-corrected chi connectivity index (χ0v) is 12.8. The van der Waals surface area contributed by atoms with Crippen molar-refractivity contribution in [3.05, 3.63) is 42.4 Å². The molecule has 118 valence electrons. The molecule has 1 aliphatic carbocycles. The van der Waals surface area contributed by atoms with Crippen LogP contribution in [0.25, 0.3) is 0 Å². The molecule has 0 bridgehead atoms. The molecule has 4 atom stereocenters. The number of nitriles is 1. The summed E-state index contributed by atoms with van der Waals surface area (Å²) in [4.78, 5) is 6.60. The predicted molar refractivity (Wildman–Crippen MR) is 84.6 cm³/mol. The van der Waals surface area contributed by atoms with E-state index < -0.39 is 0 Å². The lowest BCUT2D eigenvalue weighted by molar-refractivity contribution is 0.0306. The lowest BCUT2D eigenvalue weighted by Crippen LogP contribution is -2.36. The van der Waals surface area contributed by atoms with Gasteiger partial charge in [-0.05, 0) is 42.9 Å². The Hall–Kier alpha value is -2.39. The third-order valence-corrected chi connectivity index (χ3v) is 5.18. The Morgan fingerprint density at radius 3 is 2.74 bits per heavy atom. The van der Waals surface area contributed by atoms with Crippen LogP contribution in [0.1, 0.15) is 24.4 Å². The molecule has 1 saturated heterocycles. The predicted octanol–water partition coefficient (Wildman–Crippen LogP) is 1.60. The zero-order valence-electron chi connectivity index (χ0n) is 12.8. The van der Waals surface area contributed by atoms with E-state index >= 15 is 0 Å². The fourth-order valence-electron chi connectivity index (χ4n) is 4.08. The minimum Gasteiger partial charge on any atom is -0.391 e. The summed E-state index contributed by atoms with van der Waals surface area (Å²) in [5, 5.41) is 24.1. The third kappa shape index (κ3) is 2.47. The van der Waals surface area contributed by atoms with Crippen molar-refractivity contribution in [2.75, 3.05) is 18.0 Å². The van der Waals surface area contributed by atoms with Gasteiger partial charge in [-0.25, -0.2) is 4.98 Å². The third-order valence-electron chi connectivity index (χ3n) is 5.18. The van der Waals surface area contributed by atoms with Gasteiger partial charge < -0.3 is 10.0 Å². The molecule has 2 aliphatic rings. The van der Waals surface area contributed by atoms with Crippen LogP contribution in [0.2, 0.25) is 0 Å². The number of hydrogen-bond acceptors (Lipinski definition) is 5. The monoisotopic (exact) mass is 309 g/mol. The molecular weight excluding hydrogens is 290 g/mol. The zero-order chi connectivity index (χ0) is 15.8. The van der Waals surface area contributed by atoms with Gasteiger partial charge in [-0.15, -0.1) is 0 Å². The summed E-state index contributed by atoms with van der Waals surface area (Å²) >= 11 is 0. The molecule has 4 rings (SSSR count). The molecule has 0 unspecified atom stereocenters. The van der Waals surface area contributed by atoms with E-state index in [0.717, 1.165) is 31.7 Å². The average molecular weight is 309 g/mol. The number of anilines is 1. The van der Waals surface area contributed by atoms with E-state index in [2.05, 4.69) is 21.1 Å². The average Bonchev–Trinajstić information content (AvgIpc) is 3.23. The number of rotatable bonds is 2. The van der Waals surface area contributed by atoms with E-state index in [9.17, 15) is 10.4 Å². The molecular formula is C17H19N5O. The van der Waals surface area contributed by atoms with Crippen LogP contribution in [0.4, 0.5) is 5.82 Å². The minimum atomic E-state index is -0.365. The molecule has 2 fully saturated rings. The summed E-state index contributed by atoms with van der Waals surface area (Å²) in [5.41, 5.74) is 0.621.